The van der Waals surface area contributed by atoms with E-state index >= 15 is 0 Å². The molecular formula is C52H64Cl2N4O7. The van der Waals surface area contributed by atoms with Gasteiger partial charge < -0.3 is 29.9 Å². The Morgan fingerprint density at radius 2 is 1.05 bits per heavy atom. The van der Waals surface area contributed by atoms with Crippen LogP contribution in [0.1, 0.15) is 110 Å². The second-order valence-electron chi connectivity index (χ2n) is 17.4. The average molecular weight is 928 g/mol. The molecule has 0 radical (unpaired) electrons. The first kappa shape index (κ1) is 50.8. The van der Waals surface area contributed by atoms with Crippen LogP contribution in [0.4, 0.5) is 0 Å². The van der Waals surface area contributed by atoms with Crippen LogP contribution < -0.4 is 20.1 Å². The molecule has 2 fully saturated rings. The quantitative estimate of drug-likeness (QED) is 0.0944. The number of ether oxygens (including phenoxy) is 2. The lowest BCUT2D eigenvalue weighted by Crippen LogP contribution is -2.44. The van der Waals surface area contributed by atoms with Gasteiger partial charge in [-0.2, -0.15) is 0 Å². The fourth-order valence-electron chi connectivity index (χ4n) is 8.45. The molecule has 1 unspecified atom stereocenters. The Kier molecular flexibility index (Phi) is 19.4. The van der Waals surface area contributed by atoms with Crippen LogP contribution in [0.3, 0.4) is 0 Å². The number of ketones is 2. The number of Topliss-reactive ketones (excluding diaryl/α,β-unsaturated/α-hetero) is 2. The number of hydrogen-bond acceptors (Lipinski definition) is 8. The molecule has 2 N–H and O–H groups in total. The van der Waals surface area contributed by atoms with Gasteiger partial charge in [0.25, 0.3) is 0 Å². The topological polar surface area (TPSA) is 134 Å². The van der Waals surface area contributed by atoms with Crippen molar-refractivity contribution in [3.8, 4) is 11.5 Å². The van der Waals surface area contributed by atoms with Crippen molar-refractivity contribution in [3.05, 3.63) is 129 Å². The van der Waals surface area contributed by atoms with E-state index in [2.05, 4.69) is 39.8 Å². The highest BCUT2D eigenvalue weighted by molar-refractivity contribution is 6.32. The largest absolute Gasteiger partial charge is 0.489 e. The molecule has 3 atom stereocenters. The van der Waals surface area contributed by atoms with E-state index in [1.807, 2.05) is 64.1 Å². The maximum absolute atomic E-state index is 12.9. The van der Waals surface area contributed by atoms with Gasteiger partial charge in [-0.3, -0.25) is 24.0 Å². The van der Waals surface area contributed by atoms with Crippen molar-refractivity contribution in [2.75, 3.05) is 46.8 Å². The van der Waals surface area contributed by atoms with Crippen LogP contribution in [0.25, 0.3) is 0 Å². The number of rotatable bonds is 18. The van der Waals surface area contributed by atoms with Crippen LogP contribution >= 0.6 is 23.2 Å². The summed E-state index contributed by atoms with van der Waals surface area (Å²) in [6, 6.07) is 30.6. The number of carbonyl (C=O) groups is 5. The summed E-state index contributed by atoms with van der Waals surface area (Å²) in [5, 5.41) is 6.11. The third-order valence-corrected chi connectivity index (χ3v) is 12.5. The molecule has 2 aliphatic rings. The first-order chi connectivity index (χ1) is 31.1. The minimum atomic E-state index is -0.634. The van der Waals surface area contributed by atoms with Crippen molar-refractivity contribution in [1.82, 2.24) is 20.4 Å². The molecule has 4 aromatic rings. The van der Waals surface area contributed by atoms with Gasteiger partial charge in [-0.05, 0) is 119 Å². The molecule has 3 amide bonds. The Morgan fingerprint density at radius 1 is 0.615 bits per heavy atom. The highest BCUT2D eigenvalue weighted by Crippen LogP contribution is 2.32. The number of piperidine rings is 2. The smallest absolute Gasteiger partial charge is 0.225 e. The third kappa shape index (κ3) is 15.2. The molecule has 2 saturated heterocycles. The number of halogens is 2. The summed E-state index contributed by atoms with van der Waals surface area (Å²) in [5.74, 6) is 0.141. The van der Waals surface area contributed by atoms with E-state index in [-0.39, 0.29) is 66.8 Å². The maximum atomic E-state index is 12.9. The van der Waals surface area contributed by atoms with Gasteiger partial charge in [0.2, 0.25) is 17.7 Å². The normalized spacial score (nSPS) is 16.6. The number of hydrogen-bond donors (Lipinski definition) is 2. The van der Waals surface area contributed by atoms with E-state index in [1.165, 1.54) is 12.6 Å². The standard InChI is InChI=1S/C26H31ClN2O4.C26H33ClN2O3/c1-17(2)33-24-10-9-20(13-22(24)27)23(30)14-21(26(32)28-3)16-29-12-11-19(15-25(29)31)18-7-5-4-6-8-18;1-18(2)32-25-10-9-21(15-23(25)27)24(30)16-22(26(31)28-3)17-29-13-11-20(12-14-29)19-7-5-4-6-8-19/h4-10,13,17,19,21H,11-12,14-16H2,1-3H3,(H,28,32);4-10,15,18,20,22H,11-14,16-17H2,1-3H3,(H,28,31)/t19?,21-;22-/m00/s1. The Hall–Kier alpha value is -5.23. The Morgan fingerprint density at radius 3 is 1.46 bits per heavy atom. The number of carbonyl (C=O) groups excluding carboxylic acids is 5. The van der Waals surface area contributed by atoms with Crippen LogP contribution in [0.5, 0.6) is 11.5 Å². The summed E-state index contributed by atoms with van der Waals surface area (Å²) in [5.41, 5.74) is 3.46. The van der Waals surface area contributed by atoms with Crippen LogP contribution in [0.2, 0.25) is 10.0 Å². The van der Waals surface area contributed by atoms with Crippen molar-refractivity contribution in [2.45, 2.75) is 90.3 Å². The van der Waals surface area contributed by atoms with Gasteiger partial charge in [-0.1, -0.05) is 83.9 Å². The van der Waals surface area contributed by atoms with Gasteiger partial charge in [0, 0.05) is 64.1 Å². The lowest BCUT2D eigenvalue weighted by molar-refractivity contribution is -0.136. The minimum Gasteiger partial charge on any atom is -0.489 e. The lowest BCUT2D eigenvalue weighted by atomic mass is 9.88. The molecule has 0 spiro atoms. The van der Waals surface area contributed by atoms with E-state index < -0.39 is 11.8 Å². The molecule has 65 heavy (non-hydrogen) atoms. The summed E-state index contributed by atoms with van der Waals surface area (Å²) in [4.78, 5) is 67.8. The zero-order chi connectivity index (χ0) is 47.0. The Labute approximate surface area is 394 Å². The molecule has 6 rings (SSSR count). The van der Waals surface area contributed by atoms with Crippen LogP contribution in [-0.2, 0) is 14.4 Å². The molecule has 4 aromatic carbocycles. The zero-order valence-electron chi connectivity index (χ0n) is 38.5. The van der Waals surface area contributed by atoms with E-state index in [0.717, 1.165) is 37.9 Å². The molecule has 0 aromatic heterocycles. The molecule has 2 heterocycles. The molecule has 2 aliphatic heterocycles. The Balaban J connectivity index is 0.000000244. The monoisotopic (exact) mass is 926 g/mol. The van der Waals surface area contributed by atoms with Gasteiger partial charge in [-0.25, -0.2) is 0 Å². The maximum Gasteiger partial charge on any atom is 0.225 e. The van der Waals surface area contributed by atoms with E-state index in [9.17, 15) is 24.0 Å². The van der Waals surface area contributed by atoms with Crippen LogP contribution in [0, 0.1) is 11.8 Å². The predicted molar refractivity (Wildman–Crippen MR) is 257 cm³/mol. The molecule has 348 valence electrons. The lowest BCUT2D eigenvalue weighted by Gasteiger charge is -2.34. The summed E-state index contributed by atoms with van der Waals surface area (Å²) in [6.07, 6.45) is 3.47. The third-order valence-electron chi connectivity index (χ3n) is 11.9. The number of likely N-dealkylation sites (tertiary alicyclic amines) is 2. The van der Waals surface area contributed by atoms with Gasteiger partial charge in [-0.15, -0.1) is 0 Å². The van der Waals surface area contributed by atoms with Crippen molar-refractivity contribution in [3.63, 3.8) is 0 Å². The van der Waals surface area contributed by atoms with Crippen molar-refractivity contribution in [1.29, 1.82) is 0 Å². The molecule has 13 heteroatoms. The van der Waals surface area contributed by atoms with Crippen molar-refractivity contribution in [2.24, 2.45) is 11.8 Å². The zero-order valence-corrected chi connectivity index (χ0v) is 40.0. The van der Waals surface area contributed by atoms with Gasteiger partial charge in [0.05, 0.1) is 34.1 Å². The average Bonchev–Trinajstić information content (AvgIpc) is 3.30. The predicted octanol–water partition coefficient (Wildman–Crippen LogP) is 9.41. The second-order valence-corrected chi connectivity index (χ2v) is 18.2. The number of amides is 3. The first-order valence-corrected chi connectivity index (χ1v) is 23.4. The van der Waals surface area contributed by atoms with Crippen LogP contribution in [0.15, 0.2) is 97.1 Å². The summed E-state index contributed by atoms with van der Waals surface area (Å²) in [6.45, 7) is 10.8. The summed E-state index contributed by atoms with van der Waals surface area (Å²) >= 11 is 12.6. The highest BCUT2D eigenvalue weighted by Gasteiger charge is 2.32. The van der Waals surface area contributed by atoms with Gasteiger partial charge in [0.15, 0.2) is 11.6 Å². The van der Waals surface area contributed by atoms with Gasteiger partial charge in [0.1, 0.15) is 11.5 Å². The van der Waals surface area contributed by atoms with E-state index in [0.29, 0.717) is 58.1 Å². The van der Waals surface area contributed by atoms with Crippen molar-refractivity contribution >= 4 is 52.5 Å². The Bertz CT molecular complexity index is 2210. The molecule has 0 bridgehead atoms. The molecule has 0 aliphatic carbocycles. The number of nitrogens with one attached hydrogen (secondary N) is 2. The molecule has 11 nitrogen and oxygen atoms in total. The molecule has 0 saturated carbocycles. The van der Waals surface area contributed by atoms with E-state index in [4.69, 9.17) is 32.7 Å². The summed E-state index contributed by atoms with van der Waals surface area (Å²) in [7, 11) is 3.16. The highest BCUT2D eigenvalue weighted by atomic mass is 35.5. The number of nitrogens with zero attached hydrogens (tertiary/aromatic N) is 2. The van der Waals surface area contributed by atoms with Gasteiger partial charge >= 0.3 is 0 Å². The number of benzene rings is 4. The SMILES string of the molecule is CNC(=O)[C@@H](CC(=O)c1ccc(OC(C)C)c(Cl)c1)CN1CCC(c2ccccc2)CC1.CNC(=O)[C@@H](CC(=O)c1ccc(OC(C)C)c(Cl)c1)CN1CCC(c2ccccc2)CC1=O. The second kappa shape index (κ2) is 24.9. The van der Waals surface area contributed by atoms with Crippen LogP contribution in [-0.4, -0.2) is 98.1 Å². The summed E-state index contributed by atoms with van der Waals surface area (Å²) < 4.78 is 11.3. The fraction of sp³-hybridized carbons (Fsp3) is 0.442. The van der Waals surface area contributed by atoms with Crippen molar-refractivity contribution < 1.29 is 33.4 Å². The fourth-order valence-corrected chi connectivity index (χ4v) is 8.90. The van der Waals surface area contributed by atoms with E-state index in [1.54, 1.807) is 48.3 Å². The molecular weight excluding hydrogens is 863 g/mol. The minimum absolute atomic E-state index is 0.00212. The first-order valence-electron chi connectivity index (χ1n) is 22.7.